The average Bonchev–Trinajstić information content (AvgIpc) is 2.49. The first kappa shape index (κ1) is 15.3. The van der Waals surface area contributed by atoms with Crippen LogP contribution in [-0.2, 0) is 0 Å². The van der Waals surface area contributed by atoms with Crippen LogP contribution in [0.3, 0.4) is 0 Å². The Kier molecular flexibility index (Phi) is 4.81. The Hall–Kier alpha value is -2.06. The molecule has 2 rings (SSSR count). The fraction of sp³-hybridized carbons (Fsp3) is 0.188. The summed E-state index contributed by atoms with van der Waals surface area (Å²) in [5.41, 5.74) is 1.66. The Bertz CT molecular complexity index is 697. The first-order valence-corrected chi connectivity index (χ1v) is 7.14. The number of ether oxygens (including phenoxy) is 1. The summed E-state index contributed by atoms with van der Waals surface area (Å²) < 4.78 is 19.9. The highest BCUT2D eigenvalue weighted by Crippen LogP contribution is 2.29. The Morgan fingerprint density at radius 3 is 2.62 bits per heavy atom. The molecule has 0 saturated heterocycles. The highest BCUT2D eigenvalue weighted by molar-refractivity contribution is 9.10. The van der Waals surface area contributed by atoms with Crippen molar-refractivity contribution in [1.82, 2.24) is 0 Å². The second-order valence-electron chi connectivity index (χ2n) is 4.57. The molecule has 5 heteroatoms. The van der Waals surface area contributed by atoms with Gasteiger partial charge in [0.05, 0.1) is 28.9 Å². The third kappa shape index (κ3) is 3.53. The molecule has 0 aliphatic rings. The molecule has 0 saturated carbocycles. The van der Waals surface area contributed by atoms with Gasteiger partial charge in [0.1, 0.15) is 11.6 Å². The fourth-order valence-corrected chi connectivity index (χ4v) is 2.53. The summed E-state index contributed by atoms with van der Waals surface area (Å²) in [6.07, 6.45) is 0. The van der Waals surface area contributed by atoms with Gasteiger partial charge in [-0.3, -0.25) is 0 Å². The van der Waals surface area contributed by atoms with Crippen molar-refractivity contribution in [3.05, 3.63) is 57.8 Å². The predicted octanol–water partition coefficient (Wildman–Crippen LogP) is 4.64. The molecule has 0 aliphatic carbocycles. The van der Waals surface area contributed by atoms with Crippen molar-refractivity contribution in [1.29, 1.82) is 5.26 Å². The summed E-state index contributed by atoms with van der Waals surface area (Å²) in [5.74, 6) is 0.309. The first-order valence-electron chi connectivity index (χ1n) is 6.34. The van der Waals surface area contributed by atoms with Crippen LogP contribution in [0.5, 0.6) is 5.75 Å². The molecule has 21 heavy (non-hydrogen) atoms. The molecule has 108 valence electrons. The van der Waals surface area contributed by atoms with Crippen molar-refractivity contribution in [3.63, 3.8) is 0 Å². The van der Waals surface area contributed by atoms with Crippen LogP contribution in [0.4, 0.5) is 10.1 Å². The SMILES string of the molecule is COc1ccc(C(C)Nc2ccc(C#N)cc2F)cc1Br. The van der Waals surface area contributed by atoms with E-state index in [0.717, 1.165) is 15.8 Å². The summed E-state index contributed by atoms with van der Waals surface area (Å²) >= 11 is 3.43. The Morgan fingerprint density at radius 1 is 1.29 bits per heavy atom. The monoisotopic (exact) mass is 348 g/mol. The maximum atomic E-state index is 13.9. The highest BCUT2D eigenvalue weighted by Gasteiger charge is 2.11. The van der Waals surface area contributed by atoms with Gasteiger partial charge in [-0.15, -0.1) is 0 Å². The van der Waals surface area contributed by atoms with Crippen LogP contribution >= 0.6 is 15.9 Å². The standard InChI is InChI=1S/C16H14BrFN2O/c1-10(12-4-6-16(21-2)13(17)8-12)20-15-5-3-11(9-19)7-14(15)18/h3-8,10,20H,1-2H3. The van der Waals surface area contributed by atoms with E-state index in [2.05, 4.69) is 21.2 Å². The summed E-state index contributed by atoms with van der Waals surface area (Å²) in [6.45, 7) is 1.94. The average molecular weight is 349 g/mol. The number of halogens is 2. The summed E-state index contributed by atoms with van der Waals surface area (Å²) in [5, 5.41) is 11.8. The Labute approximate surface area is 131 Å². The van der Waals surface area contributed by atoms with Crippen LogP contribution in [-0.4, -0.2) is 7.11 Å². The van der Waals surface area contributed by atoms with Crippen LogP contribution in [0.2, 0.25) is 0 Å². The van der Waals surface area contributed by atoms with Gasteiger partial charge in [0.25, 0.3) is 0 Å². The lowest BCUT2D eigenvalue weighted by atomic mass is 10.1. The number of benzene rings is 2. The third-order valence-corrected chi connectivity index (χ3v) is 3.77. The predicted molar refractivity (Wildman–Crippen MR) is 83.8 cm³/mol. The zero-order valence-corrected chi connectivity index (χ0v) is 13.2. The minimum atomic E-state index is -0.437. The molecule has 0 heterocycles. The lowest BCUT2D eigenvalue weighted by Gasteiger charge is -2.17. The van der Waals surface area contributed by atoms with Gasteiger partial charge in [-0.25, -0.2) is 4.39 Å². The van der Waals surface area contributed by atoms with Gasteiger partial charge in [-0.05, 0) is 58.7 Å². The maximum absolute atomic E-state index is 13.9. The first-order chi connectivity index (χ1) is 10.0. The van der Waals surface area contributed by atoms with E-state index < -0.39 is 5.82 Å². The van der Waals surface area contributed by atoms with Crippen LogP contribution in [0.15, 0.2) is 40.9 Å². The molecule has 0 aliphatic heterocycles. The van der Waals surface area contributed by atoms with Crippen LogP contribution in [0.1, 0.15) is 24.1 Å². The van der Waals surface area contributed by atoms with E-state index in [1.807, 2.05) is 31.2 Å². The molecule has 0 aromatic heterocycles. The summed E-state index contributed by atoms with van der Waals surface area (Å²) in [4.78, 5) is 0. The van der Waals surface area contributed by atoms with Gasteiger partial charge < -0.3 is 10.1 Å². The lowest BCUT2D eigenvalue weighted by molar-refractivity contribution is 0.412. The maximum Gasteiger partial charge on any atom is 0.147 e. The molecule has 2 aromatic rings. The van der Waals surface area contributed by atoms with E-state index in [1.54, 1.807) is 19.2 Å². The van der Waals surface area contributed by atoms with E-state index in [-0.39, 0.29) is 6.04 Å². The van der Waals surface area contributed by atoms with E-state index in [9.17, 15) is 4.39 Å². The molecule has 0 amide bonds. The molecule has 0 spiro atoms. The van der Waals surface area contributed by atoms with E-state index >= 15 is 0 Å². The molecular weight excluding hydrogens is 335 g/mol. The van der Waals surface area contributed by atoms with Gasteiger partial charge in [-0.1, -0.05) is 6.07 Å². The number of nitrogens with one attached hydrogen (secondary N) is 1. The highest BCUT2D eigenvalue weighted by atomic mass is 79.9. The lowest BCUT2D eigenvalue weighted by Crippen LogP contribution is -2.08. The van der Waals surface area contributed by atoms with Gasteiger partial charge in [0.2, 0.25) is 0 Å². The number of hydrogen-bond donors (Lipinski definition) is 1. The van der Waals surface area contributed by atoms with Gasteiger partial charge >= 0.3 is 0 Å². The Morgan fingerprint density at radius 2 is 2.05 bits per heavy atom. The molecule has 2 aromatic carbocycles. The van der Waals surface area contributed by atoms with Gasteiger partial charge in [0.15, 0.2) is 0 Å². The molecule has 3 nitrogen and oxygen atoms in total. The van der Waals surface area contributed by atoms with E-state index in [4.69, 9.17) is 10.00 Å². The van der Waals surface area contributed by atoms with Crippen LogP contribution in [0, 0.1) is 17.1 Å². The summed E-state index contributed by atoms with van der Waals surface area (Å²) in [7, 11) is 1.60. The zero-order chi connectivity index (χ0) is 15.4. The molecule has 0 bridgehead atoms. The van der Waals surface area contributed by atoms with E-state index in [1.165, 1.54) is 6.07 Å². The topological polar surface area (TPSA) is 45.0 Å². The van der Waals surface area contributed by atoms with Crippen molar-refractivity contribution in [3.8, 4) is 11.8 Å². The number of rotatable bonds is 4. The minimum Gasteiger partial charge on any atom is -0.496 e. The van der Waals surface area contributed by atoms with Crippen molar-refractivity contribution < 1.29 is 9.13 Å². The minimum absolute atomic E-state index is 0.0883. The van der Waals surface area contributed by atoms with Crippen LogP contribution < -0.4 is 10.1 Å². The Balaban J connectivity index is 2.20. The van der Waals surface area contributed by atoms with Crippen molar-refractivity contribution in [2.24, 2.45) is 0 Å². The fourth-order valence-electron chi connectivity index (χ4n) is 1.97. The summed E-state index contributed by atoms with van der Waals surface area (Å²) in [6, 6.07) is 11.9. The number of anilines is 1. The molecular formula is C16H14BrFN2O. The number of nitrogens with zero attached hydrogens (tertiary/aromatic N) is 1. The van der Waals surface area contributed by atoms with Gasteiger partial charge in [0, 0.05) is 6.04 Å². The molecule has 1 atom stereocenters. The number of nitriles is 1. The normalized spacial score (nSPS) is 11.6. The number of methoxy groups -OCH3 is 1. The quantitative estimate of drug-likeness (QED) is 0.875. The molecule has 1 N–H and O–H groups in total. The number of hydrogen-bond acceptors (Lipinski definition) is 3. The smallest absolute Gasteiger partial charge is 0.147 e. The molecule has 0 radical (unpaired) electrons. The molecule has 1 unspecified atom stereocenters. The third-order valence-electron chi connectivity index (χ3n) is 3.15. The van der Waals surface area contributed by atoms with Crippen molar-refractivity contribution >= 4 is 21.6 Å². The second kappa shape index (κ2) is 6.59. The largest absolute Gasteiger partial charge is 0.496 e. The zero-order valence-electron chi connectivity index (χ0n) is 11.7. The van der Waals surface area contributed by atoms with E-state index in [0.29, 0.717) is 11.3 Å². The van der Waals surface area contributed by atoms with Crippen molar-refractivity contribution in [2.45, 2.75) is 13.0 Å². The van der Waals surface area contributed by atoms with Crippen molar-refractivity contribution in [2.75, 3.05) is 12.4 Å². The molecule has 0 fully saturated rings. The van der Waals surface area contributed by atoms with Crippen LogP contribution in [0.25, 0.3) is 0 Å². The van der Waals surface area contributed by atoms with Gasteiger partial charge in [-0.2, -0.15) is 5.26 Å². The second-order valence-corrected chi connectivity index (χ2v) is 5.42.